The molecule has 0 bridgehead atoms. The molecule has 0 aliphatic carbocycles. The first kappa shape index (κ1) is 14.7. The first-order chi connectivity index (χ1) is 9.63. The van der Waals surface area contributed by atoms with Crippen LogP contribution in [0.15, 0.2) is 18.3 Å². The molecule has 1 aromatic heterocycles. The zero-order valence-electron chi connectivity index (χ0n) is 11.1. The molecule has 1 aromatic rings. The maximum Gasteiger partial charge on any atom is 0.330 e. The van der Waals surface area contributed by atoms with Gasteiger partial charge >= 0.3 is 5.97 Å². The summed E-state index contributed by atoms with van der Waals surface area (Å²) >= 11 is 5.75. The Balaban J connectivity index is 2.16. The van der Waals surface area contributed by atoms with E-state index in [9.17, 15) is 9.59 Å². The molecule has 1 atom stereocenters. The monoisotopic (exact) mass is 297 g/mol. The van der Waals surface area contributed by atoms with E-state index in [1.807, 2.05) is 0 Å². The number of amides is 1. The molecule has 1 amide bonds. The molecule has 108 valence electrons. The summed E-state index contributed by atoms with van der Waals surface area (Å²) in [6, 6.07) is 2.53. The summed E-state index contributed by atoms with van der Waals surface area (Å²) in [6.45, 7) is 3.48. The standard InChI is InChI=1S/C13H16ClN3O3/c1-2-20-13(19)11-8-15-5-6-17(11)12(18)10-4-3-9(14)7-16-10/h3-4,7,11,15H,2,5-6,8H2,1H3. The van der Waals surface area contributed by atoms with Gasteiger partial charge in [-0.2, -0.15) is 0 Å². The van der Waals surface area contributed by atoms with E-state index in [0.29, 0.717) is 24.7 Å². The molecule has 1 fully saturated rings. The highest BCUT2D eigenvalue weighted by atomic mass is 35.5. The molecule has 7 heteroatoms. The van der Waals surface area contributed by atoms with Crippen LogP contribution in [0.25, 0.3) is 0 Å². The molecular formula is C13H16ClN3O3. The van der Waals surface area contributed by atoms with Gasteiger partial charge in [0.05, 0.1) is 11.6 Å². The molecule has 0 aromatic carbocycles. The van der Waals surface area contributed by atoms with Crippen LogP contribution in [-0.2, 0) is 9.53 Å². The van der Waals surface area contributed by atoms with E-state index in [1.165, 1.54) is 11.1 Å². The lowest BCUT2D eigenvalue weighted by Crippen LogP contribution is -2.57. The van der Waals surface area contributed by atoms with Gasteiger partial charge in [-0.05, 0) is 19.1 Å². The molecule has 20 heavy (non-hydrogen) atoms. The Morgan fingerprint density at radius 1 is 1.55 bits per heavy atom. The number of carbonyl (C=O) groups excluding carboxylic acids is 2. The first-order valence-electron chi connectivity index (χ1n) is 6.43. The van der Waals surface area contributed by atoms with E-state index >= 15 is 0 Å². The van der Waals surface area contributed by atoms with Crippen LogP contribution < -0.4 is 5.32 Å². The molecule has 0 radical (unpaired) electrons. The Labute approximate surface area is 122 Å². The highest BCUT2D eigenvalue weighted by Crippen LogP contribution is 2.12. The van der Waals surface area contributed by atoms with E-state index in [2.05, 4.69) is 10.3 Å². The minimum absolute atomic E-state index is 0.269. The number of piperazine rings is 1. The third-order valence-corrected chi connectivity index (χ3v) is 3.23. The van der Waals surface area contributed by atoms with Crippen LogP contribution in [-0.4, -0.2) is 54.0 Å². The lowest BCUT2D eigenvalue weighted by Gasteiger charge is -2.34. The molecule has 2 rings (SSSR count). The van der Waals surface area contributed by atoms with Crippen LogP contribution in [0, 0.1) is 0 Å². The summed E-state index contributed by atoms with van der Waals surface area (Å²) < 4.78 is 5.00. The number of pyridine rings is 1. The summed E-state index contributed by atoms with van der Waals surface area (Å²) in [5.74, 6) is -0.691. The van der Waals surface area contributed by atoms with Crippen molar-refractivity contribution in [3.8, 4) is 0 Å². The fourth-order valence-corrected chi connectivity index (χ4v) is 2.16. The van der Waals surface area contributed by atoms with E-state index < -0.39 is 12.0 Å². The largest absolute Gasteiger partial charge is 0.464 e. The average Bonchev–Trinajstić information content (AvgIpc) is 2.47. The second-order valence-electron chi connectivity index (χ2n) is 4.33. The predicted molar refractivity (Wildman–Crippen MR) is 73.6 cm³/mol. The number of esters is 1. The number of nitrogens with one attached hydrogen (secondary N) is 1. The van der Waals surface area contributed by atoms with Crippen molar-refractivity contribution in [3.05, 3.63) is 29.0 Å². The van der Waals surface area contributed by atoms with Crippen molar-refractivity contribution < 1.29 is 14.3 Å². The fourth-order valence-electron chi connectivity index (χ4n) is 2.05. The van der Waals surface area contributed by atoms with Crippen LogP contribution >= 0.6 is 11.6 Å². The van der Waals surface area contributed by atoms with Gasteiger partial charge in [0, 0.05) is 25.8 Å². The summed E-state index contributed by atoms with van der Waals surface area (Å²) in [6.07, 6.45) is 1.41. The Morgan fingerprint density at radius 2 is 2.35 bits per heavy atom. The van der Waals surface area contributed by atoms with Crippen molar-refractivity contribution in [1.82, 2.24) is 15.2 Å². The maximum atomic E-state index is 12.4. The molecule has 0 saturated carbocycles. The number of carbonyl (C=O) groups is 2. The Bertz CT molecular complexity index is 492. The van der Waals surface area contributed by atoms with E-state index in [1.54, 1.807) is 19.1 Å². The summed E-state index contributed by atoms with van der Waals surface area (Å²) in [5.41, 5.74) is 0.269. The number of hydrogen-bond acceptors (Lipinski definition) is 5. The Morgan fingerprint density at radius 3 is 3.00 bits per heavy atom. The van der Waals surface area contributed by atoms with E-state index in [0.717, 1.165) is 0 Å². The van der Waals surface area contributed by atoms with Gasteiger partial charge in [-0.25, -0.2) is 9.78 Å². The van der Waals surface area contributed by atoms with Crippen molar-refractivity contribution >= 4 is 23.5 Å². The van der Waals surface area contributed by atoms with Crippen LogP contribution in [0.1, 0.15) is 17.4 Å². The molecule has 2 heterocycles. The molecule has 0 spiro atoms. The number of aromatic nitrogens is 1. The zero-order chi connectivity index (χ0) is 14.5. The van der Waals surface area contributed by atoms with Crippen LogP contribution in [0.3, 0.4) is 0 Å². The van der Waals surface area contributed by atoms with Crippen molar-refractivity contribution in [2.75, 3.05) is 26.2 Å². The van der Waals surface area contributed by atoms with Crippen LogP contribution in [0.5, 0.6) is 0 Å². The van der Waals surface area contributed by atoms with Crippen molar-refractivity contribution in [2.24, 2.45) is 0 Å². The van der Waals surface area contributed by atoms with Gasteiger partial charge in [-0.15, -0.1) is 0 Å². The topological polar surface area (TPSA) is 71.5 Å². The maximum absolute atomic E-state index is 12.4. The second kappa shape index (κ2) is 6.67. The van der Waals surface area contributed by atoms with E-state index in [-0.39, 0.29) is 18.2 Å². The quantitative estimate of drug-likeness (QED) is 0.832. The average molecular weight is 298 g/mol. The molecular weight excluding hydrogens is 282 g/mol. The summed E-state index contributed by atoms with van der Waals surface area (Å²) in [4.78, 5) is 29.8. The SMILES string of the molecule is CCOC(=O)C1CNCCN1C(=O)c1ccc(Cl)cn1. The Hall–Kier alpha value is -1.66. The number of ether oxygens (including phenoxy) is 1. The van der Waals surface area contributed by atoms with Crippen molar-refractivity contribution in [3.63, 3.8) is 0 Å². The van der Waals surface area contributed by atoms with Gasteiger partial charge < -0.3 is 15.0 Å². The van der Waals surface area contributed by atoms with Gasteiger partial charge in [-0.3, -0.25) is 4.79 Å². The predicted octanol–water partition coefficient (Wildman–Crippen LogP) is 0.712. The van der Waals surface area contributed by atoms with Crippen molar-refractivity contribution in [1.29, 1.82) is 0 Å². The number of nitrogens with zero attached hydrogens (tertiary/aromatic N) is 2. The van der Waals surface area contributed by atoms with Crippen LogP contribution in [0.2, 0.25) is 5.02 Å². The summed E-state index contributed by atoms with van der Waals surface area (Å²) in [7, 11) is 0. The molecule has 1 aliphatic heterocycles. The summed E-state index contributed by atoms with van der Waals surface area (Å²) in [5, 5.41) is 3.55. The fraction of sp³-hybridized carbons (Fsp3) is 0.462. The molecule has 1 N–H and O–H groups in total. The number of rotatable bonds is 3. The molecule has 1 aliphatic rings. The molecule has 1 saturated heterocycles. The first-order valence-corrected chi connectivity index (χ1v) is 6.81. The lowest BCUT2D eigenvalue weighted by atomic mass is 10.1. The van der Waals surface area contributed by atoms with Gasteiger partial charge in [0.2, 0.25) is 0 Å². The zero-order valence-corrected chi connectivity index (χ0v) is 11.9. The van der Waals surface area contributed by atoms with Gasteiger partial charge in [0.1, 0.15) is 11.7 Å². The number of halogens is 1. The van der Waals surface area contributed by atoms with Gasteiger partial charge in [-0.1, -0.05) is 11.6 Å². The molecule has 1 unspecified atom stereocenters. The normalized spacial score (nSPS) is 18.7. The number of hydrogen-bond donors (Lipinski definition) is 1. The van der Waals surface area contributed by atoms with Crippen molar-refractivity contribution in [2.45, 2.75) is 13.0 Å². The second-order valence-corrected chi connectivity index (χ2v) is 4.77. The lowest BCUT2D eigenvalue weighted by molar-refractivity contribution is -0.149. The highest BCUT2D eigenvalue weighted by Gasteiger charge is 2.34. The van der Waals surface area contributed by atoms with Crippen LogP contribution in [0.4, 0.5) is 0 Å². The third kappa shape index (κ3) is 3.26. The minimum Gasteiger partial charge on any atom is -0.464 e. The Kier molecular flexibility index (Phi) is 4.92. The highest BCUT2D eigenvalue weighted by molar-refractivity contribution is 6.30. The van der Waals surface area contributed by atoms with Gasteiger partial charge in [0.15, 0.2) is 0 Å². The van der Waals surface area contributed by atoms with E-state index in [4.69, 9.17) is 16.3 Å². The van der Waals surface area contributed by atoms with Gasteiger partial charge in [0.25, 0.3) is 5.91 Å². The smallest absolute Gasteiger partial charge is 0.330 e. The molecule has 6 nitrogen and oxygen atoms in total. The third-order valence-electron chi connectivity index (χ3n) is 3.01. The minimum atomic E-state index is -0.617.